The molecule has 156 valence electrons. The predicted molar refractivity (Wildman–Crippen MR) is 111 cm³/mol. The maximum absolute atomic E-state index is 12.2. The zero-order valence-corrected chi connectivity index (χ0v) is 16.9. The third-order valence-electron chi connectivity index (χ3n) is 5.33. The summed E-state index contributed by atoms with van der Waals surface area (Å²) in [4.78, 5) is 27.4. The van der Waals surface area contributed by atoms with Crippen LogP contribution in [0.1, 0.15) is 43.1 Å². The van der Waals surface area contributed by atoms with Gasteiger partial charge in [0, 0.05) is 44.4 Å². The lowest BCUT2D eigenvalue weighted by Crippen LogP contribution is -2.31. The molecule has 3 heterocycles. The molecule has 0 saturated carbocycles. The van der Waals surface area contributed by atoms with Crippen LogP contribution in [0.4, 0.5) is 0 Å². The number of hydrogen-bond donors (Lipinski definition) is 1. The van der Waals surface area contributed by atoms with Gasteiger partial charge in [-0.2, -0.15) is 4.98 Å². The molecule has 1 saturated heterocycles. The molecule has 1 aromatic carbocycles. The molecule has 0 aliphatic carbocycles. The molecule has 4 rings (SSSR count). The van der Waals surface area contributed by atoms with Crippen LogP contribution >= 0.6 is 0 Å². The van der Waals surface area contributed by atoms with E-state index in [2.05, 4.69) is 54.6 Å². The summed E-state index contributed by atoms with van der Waals surface area (Å²) in [6, 6.07) is 10.4. The predicted octanol–water partition coefficient (Wildman–Crippen LogP) is 2.80. The molecule has 0 bridgehead atoms. The fraction of sp³-hybridized carbons (Fsp3) is 0.409. The second-order valence-electron chi connectivity index (χ2n) is 7.54. The lowest BCUT2D eigenvalue weighted by molar-refractivity contribution is -0.121. The van der Waals surface area contributed by atoms with Gasteiger partial charge in [0.05, 0.1) is 6.20 Å². The molecule has 1 N–H and O–H groups in total. The second-order valence-corrected chi connectivity index (χ2v) is 7.54. The van der Waals surface area contributed by atoms with Crippen LogP contribution < -0.4 is 5.32 Å². The van der Waals surface area contributed by atoms with Gasteiger partial charge in [-0.15, -0.1) is 0 Å². The van der Waals surface area contributed by atoms with Gasteiger partial charge < -0.3 is 9.84 Å². The minimum Gasteiger partial charge on any atom is -0.356 e. The van der Waals surface area contributed by atoms with Crippen molar-refractivity contribution in [1.29, 1.82) is 0 Å². The van der Waals surface area contributed by atoms with Gasteiger partial charge in [-0.05, 0) is 31.4 Å². The summed E-state index contributed by atoms with van der Waals surface area (Å²) in [6.07, 6.45) is 8.03. The van der Waals surface area contributed by atoms with Gasteiger partial charge in [0.1, 0.15) is 5.69 Å². The lowest BCUT2D eigenvalue weighted by atomic mass is 9.99. The van der Waals surface area contributed by atoms with Crippen LogP contribution in [-0.2, 0) is 11.3 Å². The maximum Gasteiger partial charge on any atom is 0.230 e. The van der Waals surface area contributed by atoms with Crippen molar-refractivity contribution < 1.29 is 9.32 Å². The first kappa shape index (κ1) is 20.2. The summed E-state index contributed by atoms with van der Waals surface area (Å²) in [5, 5.41) is 7.10. The van der Waals surface area contributed by atoms with E-state index in [0.717, 1.165) is 38.9 Å². The van der Waals surface area contributed by atoms with Crippen molar-refractivity contribution in [3.8, 4) is 11.5 Å². The highest BCUT2D eigenvalue weighted by molar-refractivity contribution is 5.76. The van der Waals surface area contributed by atoms with E-state index in [-0.39, 0.29) is 11.8 Å². The zero-order valence-electron chi connectivity index (χ0n) is 16.9. The van der Waals surface area contributed by atoms with Crippen molar-refractivity contribution in [1.82, 2.24) is 30.3 Å². The normalized spacial score (nSPS) is 19.1. The third-order valence-corrected chi connectivity index (χ3v) is 5.33. The molecule has 1 aliphatic rings. The van der Waals surface area contributed by atoms with Crippen molar-refractivity contribution in [2.24, 2.45) is 0 Å². The first-order valence-corrected chi connectivity index (χ1v) is 10.4. The summed E-state index contributed by atoms with van der Waals surface area (Å²) in [5.74, 6) is 1.22. The molecule has 1 atom stereocenters. The van der Waals surface area contributed by atoms with Crippen LogP contribution in [0.5, 0.6) is 0 Å². The van der Waals surface area contributed by atoms with E-state index in [9.17, 15) is 4.79 Å². The average Bonchev–Trinajstić information content (AvgIpc) is 3.26. The topological polar surface area (TPSA) is 97.0 Å². The number of carbonyl (C=O) groups excluding carboxylic acids is 1. The van der Waals surface area contributed by atoms with Gasteiger partial charge in [-0.3, -0.25) is 14.7 Å². The van der Waals surface area contributed by atoms with Crippen molar-refractivity contribution in [3.63, 3.8) is 0 Å². The third kappa shape index (κ3) is 5.48. The Morgan fingerprint density at radius 3 is 2.87 bits per heavy atom. The van der Waals surface area contributed by atoms with E-state index in [4.69, 9.17) is 4.52 Å². The Bertz CT molecular complexity index is 931. The standard InChI is InChI=1S/C22H26N6O2/c29-20-9-14-28(16-17-5-2-1-3-6-17)13-4-7-18(8-10-25-20)22-26-21(27-30-22)19-15-23-11-12-24-19/h1-3,5-6,11-12,15,18H,4,7-10,13-14,16H2,(H,25,29). The van der Waals surface area contributed by atoms with Crippen LogP contribution in [0.25, 0.3) is 11.5 Å². The molecule has 8 heteroatoms. The van der Waals surface area contributed by atoms with Gasteiger partial charge in [0.15, 0.2) is 0 Å². The molecule has 8 nitrogen and oxygen atoms in total. The Balaban J connectivity index is 1.44. The SMILES string of the molecule is O=C1CCN(Cc2ccccc2)CCCC(c2nc(-c3cnccn3)no2)CCN1. The Morgan fingerprint density at radius 2 is 2.03 bits per heavy atom. The molecular weight excluding hydrogens is 380 g/mol. The van der Waals surface area contributed by atoms with Crippen molar-refractivity contribution >= 4 is 5.91 Å². The molecule has 30 heavy (non-hydrogen) atoms. The van der Waals surface area contributed by atoms with Crippen LogP contribution in [-0.4, -0.2) is 50.5 Å². The summed E-state index contributed by atoms with van der Waals surface area (Å²) in [6.45, 7) is 3.12. The fourth-order valence-corrected chi connectivity index (χ4v) is 3.72. The van der Waals surface area contributed by atoms with Crippen molar-refractivity contribution in [2.75, 3.05) is 19.6 Å². The molecular formula is C22H26N6O2. The summed E-state index contributed by atoms with van der Waals surface area (Å²) in [5.41, 5.74) is 1.85. The Kier molecular flexibility index (Phi) is 6.76. The summed E-state index contributed by atoms with van der Waals surface area (Å²) in [7, 11) is 0. The average molecular weight is 406 g/mol. The zero-order chi connectivity index (χ0) is 20.6. The highest BCUT2D eigenvalue weighted by Gasteiger charge is 2.22. The minimum atomic E-state index is 0.0829. The quantitative estimate of drug-likeness (QED) is 0.711. The molecule has 2 aromatic heterocycles. The van der Waals surface area contributed by atoms with Crippen LogP contribution in [0, 0.1) is 0 Å². The highest BCUT2D eigenvalue weighted by atomic mass is 16.5. The van der Waals surface area contributed by atoms with Crippen LogP contribution in [0.2, 0.25) is 0 Å². The van der Waals surface area contributed by atoms with E-state index >= 15 is 0 Å². The number of carbonyl (C=O) groups is 1. The molecule has 1 fully saturated rings. The van der Waals surface area contributed by atoms with Gasteiger partial charge in [0.2, 0.25) is 17.6 Å². The summed E-state index contributed by atoms with van der Waals surface area (Å²) >= 11 is 0. The number of benzene rings is 1. The first-order chi connectivity index (χ1) is 14.8. The molecule has 3 aromatic rings. The molecule has 0 spiro atoms. The van der Waals surface area contributed by atoms with Crippen molar-refractivity contribution in [3.05, 3.63) is 60.4 Å². The largest absolute Gasteiger partial charge is 0.356 e. The van der Waals surface area contributed by atoms with E-state index in [1.807, 2.05) is 6.07 Å². The number of amides is 1. The number of nitrogens with one attached hydrogen (secondary N) is 1. The number of nitrogens with zero attached hydrogens (tertiary/aromatic N) is 5. The monoisotopic (exact) mass is 406 g/mol. The van der Waals surface area contributed by atoms with Gasteiger partial charge in [-0.25, -0.2) is 4.98 Å². The molecule has 1 amide bonds. The van der Waals surface area contributed by atoms with Crippen molar-refractivity contribution in [2.45, 2.75) is 38.1 Å². The minimum absolute atomic E-state index is 0.0829. The fourth-order valence-electron chi connectivity index (χ4n) is 3.72. The smallest absolute Gasteiger partial charge is 0.230 e. The Labute approximate surface area is 175 Å². The van der Waals surface area contributed by atoms with Crippen LogP contribution in [0.15, 0.2) is 53.4 Å². The lowest BCUT2D eigenvalue weighted by Gasteiger charge is -2.22. The Morgan fingerprint density at radius 1 is 1.13 bits per heavy atom. The maximum atomic E-state index is 12.2. The number of aromatic nitrogens is 4. The van der Waals surface area contributed by atoms with E-state index in [1.165, 1.54) is 5.56 Å². The van der Waals surface area contributed by atoms with Gasteiger partial charge >= 0.3 is 0 Å². The van der Waals surface area contributed by atoms with Gasteiger partial charge in [-0.1, -0.05) is 35.5 Å². The van der Waals surface area contributed by atoms with Gasteiger partial charge in [0.25, 0.3) is 0 Å². The van der Waals surface area contributed by atoms with E-state index in [0.29, 0.717) is 30.4 Å². The molecule has 0 radical (unpaired) electrons. The van der Waals surface area contributed by atoms with E-state index in [1.54, 1.807) is 18.6 Å². The van der Waals surface area contributed by atoms with Crippen LogP contribution in [0.3, 0.4) is 0 Å². The second kappa shape index (κ2) is 10.1. The summed E-state index contributed by atoms with van der Waals surface area (Å²) < 4.78 is 5.55. The molecule has 1 aliphatic heterocycles. The first-order valence-electron chi connectivity index (χ1n) is 10.4. The highest BCUT2D eigenvalue weighted by Crippen LogP contribution is 2.26. The number of rotatable bonds is 4. The molecule has 1 unspecified atom stereocenters. The van der Waals surface area contributed by atoms with E-state index < -0.39 is 0 Å². The Hall–Kier alpha value is -3.13. The number of hydrogen-bond acceptors (Lipinski definition) is 7.